The molecular formula is C14H21BrN2. The van der Waals surface area contributed by atoms with Crippen molar-refractivity contribution in [3.63, 3.8) is 0 Å². The van der Waals surface area contributed by atoms with Gasteiger partial charge in [0.2, 0.25) is 0 Å². The molecule has 0 bridgehead atoms. The van der Waals surface area contributed by atoms with Gasteiger partial charge in [-0.05, 0) is 38.0 Å². The number of piperazine rings is 1. The van der Waals surface area contributed by atoms with E-state index in [0.29, 0.717) is 0 Å². The second kappa shape index (κ2) is 5.09. The van der Waals surface area contributed by atoms with Crippen LogP contribution in [-0.2, 0) is 6.54 Å². The molecule has 1 aliphatic heterocycles. The summed E-state index contributed by atoms with van der Waals surface area (Å²) in [5.41, 5.74) is 2.97. The second-order valence-corrected chi connectivity index (χ2v) is 6.35. The van der Waals surface area contributed by atoms with Crippen LogP contribution in [0, 0.1) is 6.92 Å². The maximum absolute atomic E-state index is 3.55. The van der Waals surface area contributed by atoms with Crippen molar-refractivity contribution in [2.75, 3.05) is 19.6 Å². The number of aryl methyl sites for hydroxylation is 1. The smallest absolute Gasteiger partial charge is 0.0281 e. The monoisotopic (exact) mass is 296 g/mol. The third kappa shape index (κ3) is 3.09. The van der Waals surface area contributed by atoms with Crippen LogP contribution in [0.4, 0.5) is 0 Å². The maximum atomic E-state index is 3.55. The molecule has 0 aliphatic carbocycles. The van der Waals surface area contributed by atoms with Crippen molar-refractivity contribution in [3.8, 4) is 0 Å². The summed E-state index contributed by atoms with van der Waals surface area (Å²) in [6.07, 6.45) is 0. The Morgan fingerprint density at radius 2 is 2.18 bits per heavy atom. The van der Waals surface area contributed by atoms with Gasteiger partial charge in [0.05, 0.1) is 0 Å². The van der Waals surface area contributed by atoms with Crippen LogP contribution in [0.5, 0.6) is 0 Å². The lowest BCUT2D eigenvalue weighted by Crippen LogP contribution is -2.57. The molecule has 1 aliphatic rings. The van der Waals surface area contributed by atoms with Gasteiger partial charge in [-0.25, -0.2) is 0 Å². The zero-order valence-electron chi connectivity index (χ0n) is 10.9. The van der Waals surface area contributed by atoms with E-state index in [4.69, 9.17) is 0 Å². The standard InChI is InChI=1S/C14H21BrN2/c1-11-8-12(4-5-13(11)15)9-17-7-6-16-10-14(17,2)3/h4-5,8,16H,6-7,9-10H2,1-3H3. The Hall–Kier alpha value is -0.380. The minimum Gasteiger partial charge on any atom is -0.314 e. The first-order valence-electron chi connectivity index (χ1n) is 6.20. The number of rotatable bonds is 2. The Kier molecular flexibility index (Phi) is 3.91. The summed E-state index contributed by atoms with van der Waals surface area (Å²) in [7, 11) is 0. The molecule has 0 amide bonds. The van der Waals surface area contributed by atoms with Crippen molar-refractivity contribution in [1.82, 2.24) is 10.2 Å². The number of nitrogens with one attached hydrogen (secondary N) is 1. The summed E-state index contributed by atoms with van der Waals surface area (Å²) in [5, 5.41) is 3.46. The summed E-state index contributed by atoms with van der Waals surface area (Å²) in [6, 6.07) is 6.65. The van der Waals surface area contributed by atoms with Crippen LogP contribution in [0.1, 0.15) is 25.0 Å². The van der Waals surface area contributed by atoms with Crippen molar-refractivity contribution in [2.45, 2.75) is 32.9 Å². The van der Waals surface area contributed by atoms with Crippen molar-refractivity contribution >= 4 is 15.9 Å². The summed E-state index contributed by atoms with van der Waals surface area (Å²) in [4.78, 5) is 2.56. The van der Waals surface area contributed by atoms with Crippen molar-refractivity contribution in [2.24, 2.45) is 0 Å². The molecule has 2 rings (SSSR count). The Bertz CT molecular complexity index is 401. The summed E-state index contributed by atoms with van der Waals surface area (Å²) < 4.78 is 1.20. The third-order valence-electron chi connectivity index (χ3n) is 3.57. The number of hydrogen-bond donors (Lipinski definition) is 1. The van der Waals surface area contributed by atoms with Crippen LogP contribution in [-0.4, -0.2) is 30.1 Å². The first-order valence-corrected chi connectivity index (χ1v) is 6.99. The van der Waals surface area contributed by atoms with Crippen molar-refractivity contribution in [3.05, 3.63) is 33.8 Å². The highest BCUT2D eigenvalue weighted by Crippen LogP contribution is 2.22. The van der Waals surface area contributed by atoms with Gasteiger partial charge in [0, 0.05) is 36.2 Å². The molecule has 1 aromatic rings. The molecule has 17 heavy (non-hydrogen) atoms. The fourth-order valence-electron chi connectivity index (χ4n) is 2.34. The van der Waals surface area contributed by atoms with E-state index in [1.807, 2.05) is 0 Å². The molecule has 1 saturated heterocycles. The van der Waals surface area contributed by atoms with Crippen LogP contribution >= 0.6 is 15.9 Å². The van der Waals surface area contributed by atoms with E-state index in [2.05, 4.69) is 65.1 Å². The first-order chi connectivity index (χ1) is 7.99. The van der Waals surface area contributed by atoms with Gasteiger partial charge in [-0.1, -0.05) is 28.1 Å². The SMILES string of the molecule is Cc1cc(CN2CCNCC2(C)C)ccc1Br. The molecule has 0 saturated carbocycles. The quantitative estimate of drug-likeness (QED) is 0.903. The molecule has 94 valence electrons. The van der Waals surface area contributed by atoms with Gasteiger partial charge >= 0.3 is 0 Å². The van der Waals surface area contributed by atoms with Crippen molar-refractivity contribution in [1.29, 1.82) is 0 Å². The minimum absolute atomic E-state index is 0.249. The van der Waals surface area contributed by atoms with Crippen LogP contribution in [0.25, 0.3) is 0 Å². The van der Waals surface area contributed by atoms with Gasteiger partial charge in [0.1, 0.15) is 0 Å². The lowest BCUT2D eigenvalue weighted by molar-refractivity contribution is 0.0827. The highest BCUT2D eigenvalue weighted by Gasteiger charge is 2.29. The van der Waals surface area contributed by atoms with E-state index in [1.54, 1.807) is 0 Å². The zero-order valence-corrected chi connectivity index (χ0v) is 12.5. The molecule has 1 heterocycles. The van der Waals surface area contributed by atoms with Crippen LogP contribution in [0.2, 0.25) is 0 Å². The molecule has 0 spiro atoms. The lowest BCUT2D eigenvalue weighted by Gasteiger charge is -2.43. The van der Waals surface area contributed by atoms with Gasteiger partial charge in [-0.2, -0.15) is 0 Å². The van der Waals surface area contributed by atoms with E-state index in [1.165, 1.54) is 15.6 Å². The fraction of sp³-hybridized carbons (Fsp3) is 0.571. The van der Waals surface area contributed by atoms with Crippen molar-refractivity contribution < 1.29 is 0 Å². The largest absolute Gasteiger partial charge is 0.314 e. The van der Waals surface area contributed by atoms with E-state index < -0.39 is 0 Å². The third-order valence-corrected chi connectivity index (χ3v) is 4.46. The molecule has 0 atom stereocenters. The first kappa shape index (κ1) is 13.1. The van der Waals surface area contributed by atoms with E-state index in [-0.39, 0.29) is 5.54 Å². The highest BCUT2D eigenvalue weighted by atomic mass is 79.9. The van der Waals surface area contributed by atoms with Gasteiger partial charge in [0.25, 0.3) is 0 Å². The number of benzene rings is 1. The molecule has 1 N–H and O–H groups in total. The molecule has 1 fully saturated rings. The molecular weight excluding hydrogens is 276 g/mol. The predicted molar refractivity (Wildman–Crippen MR) is 76.2 cm³/mol. The summed E-state index contributed by atoms with van der Waals surface area (Å²) in [5.74, 6) is 0. The second-order valence-electron chi connectivity index (χ2n) is 5.49. The zero-order chi connectivity index (χ0) is 12.5. The van der Waals surface area contributed by atoms with Crippen LogP contribution in [0.3, 0.4) is 0 Å². The molecule has 0 unspecified atom stereocenters. The maximum Gasteiger partial charge on any atom is 0.0281 e. The molecule has 3 heteroatoms. The number of hydrogen-bond acceptors (Lipinski definition) is 2. The Morgan fingerprint density at radius 3 is 2.82 bits per heavy atom. The minimum atomic E-state index is 0.249. The number of nitrogens with zero attached hydrogens (tertiary/aromatic N) is 1. The fourth-order valence-corrected chi connectivity index (χ4v) is 2.59. The molecule has 0 aromatic heterocycles. The summed E-state index contributed by atoms with van der Waals surface area (Å²) in [6.45, 7) is 11.1. The van der Waals surface area contributed by atoms with Gasteiger partial charge < -0.3 is 5.32 Å². The van der Waals surface area contributed by atoms with Gasteiger partial charge in [-0.3, -0.25) is 4.90 Å². The Labute approximate surface area is 113 Å². The average Bonchev–Trinajstić information content (AvgIpc) is 2.26. The van der Waals surface area contributed by atoms with E-state index in [9.17, 15) is 0 Å². The summed E-state index contributed by atoms with van der Waals surface area (Å²) >= 11 is 3.55. The molecule has 1 aromatic carbocycles. The van der Waals surface area contributed by atoms with Crippen LogP contribution < -0.4 is 5.32 Å². The Balaban J connectivity index is 2.11. The van der Waals surface area contributed by atoms with Gasteiger partial charge in [-0.15, -0.1) is 0 Å². The lowest BCUT2D eigenvalue weighted by atomic mass is 9.99. The van der Waals surface area contributed by atoms with E-state index in [0.717, 1.165) is 26.2 Å². The van der Waals surface area contributed by atoms with Gasteiger partial charge in [0.15, 0.2) is 0 Å². The number of halogens is 1. The normalized spacial score (nSPS) is 20.5. The Morgan fingerprint density at radius 1 is 1.41 bits per heavy atom. The topological polar surface area (TPSA) is 15.3 Å². The van der Waals surface area contributed by atoms with E-state index >= 15 is 0 Å². The van der Waals surface area contributed by atoms with Crippen LogP contribution in [0.15, 0.2) is 22.7 Å². The highest BCUT2D eigenvalue weighted by molar-refractivity contribution is 9.10. The molecule has 0 radical (unpaired) electrons. The predicted octanol–water partition coefficient (Wildman–Crippen LogP) is 2.94. The average molecular weight is 297 g/mol. The molecule has 2 nitrogen and oxygen atoms in total.